The second-order valence-corrected chi connectivity index (χ2v) is 4.17. The van der Waals surface area contributed by atoms with Crippen molar-refractivity contribution in [1.29, 1.82) is 0 Å². The van der Waals surface area contributed by atoms with Gasteiger partial charge in [-0.25, -0.2) is 23.6 Å². The summed E-state index contributed by atoms with van der Waals surface area (Å²) >= 11 is 0. The third-order valence-electron chi connectivity index (χ3n) is 2.73. The van der Waals surface area contributed by atoms with Gasteiger partial charge < -0.3 is 4.74 Å². The van der Waals surface area contributed by atoms with E-state index >= 15 is 0 Å². The molecule has 0 spiro atoms. The van der Waals surface area contributed by atoms with Gasteiger partial charge in [-0.05, 0) is 31.2 Å². The van der Waals surface area contributed by atoms with Crippen LogP contribution in [0.4, 0.5) is 14.5 Å². The Balaban J connectivity index is 2.42. The molecule has 0 amide bonds. The molecule has 2 rings (SSSR count). The van der Waals surface area contributed by atoms with Crippen molar-refractivity contribution in [3.63, 3.8) is 0 Å². The van der Waals surface area contributed by atoms with Crippen LogP contribution in [0.2, 0.25) is 0 Å². The van der Waals surface area contributed by atoms with E-state index < -0.39 is 17.6 Å². The minimum Gasteiger partial charge on any atom is -0.464 e. The molecule has 0 atom stereocenters. The number of hydrogen-bond acceptors (Lipinski definition) is 4. The molecule has 0 aliphatic heterocycles. The Hall–Kier alpha value is -2.63. The largest absolute Gasteiger partial charge is 0.464 e. The molecule has 0 fully saturated rings. The standard InChI is InChI=1S/C15H12F2N2O2/c1-9(18-14-10(16)5-3-6-11(14)17)12-7-4-8-13(19-12)15(20)21-2/h3-8H,1-2H3. The van der Waals surface area contributed by atoms with Crippen molar-refractivity contribution in [2.45, 2.75) is 6.92 Å². The average molecular weight is 290 g/mol. The number of aliphatic imine (C=N–C) groups is 1. The number of benzene rings is 1. The van der Waals surface area contributed by atoms with E-state index in [4.69, 9.17) is 0 Å². The summed E-state index contributed by atoms with van der Waals surface area (Å²) < 4.78 is 31.7. The van der Waals surface area contributed by atoms with Crippen LogP contribution >= 0.6 is 0 Å². The molecule has 0 unspecified atom stereocenters. The lowest BCUT2D eigenvalue weighted by molar-refractivity contribution is 0.0594. The lowest BCUT2D eigenvalue weighted by Crippen LogP contribution is -2.08. The zero-order valence-corrected chi connectivity index (χ0v) is 11.4. The Morgan fingerprint density at radius 2 is 1.67 bits per heavy atom. The zero-order chi connectivity index (χ0) is 15.4. The number of ether oxygens (including phenoxy) is 1. The van der Waals surface area contributed by atoms with Gasteiger partial charge in [-0.2, -0.15) is 0 Å². The van der Waals surface area contributed by atoms with Crippen molar-refractivity contribution < 1.29 is 18.3 Å². The van der Waals surface area contributed by atoms with Crippen molar-refractivity contribution in [3.05, 3.63) is 59.4 Å². The number of hydrogen-bond donors (Lipinski definition) is 0. The Morgan fingerprint density at radius 1 is 1.10 bits per heavy atom. The smallest absolute Gasteiger partial charge is 0.356 e. The summed E-state index contributed by atoms with van der Waals surface area (Å²) in [7, 11) is 1.24. The highest BCUT2D eigenvalue weighted by Crippen LogP contribution is 2.22. The highest BCUT2D eigenvalue weighted by Gasteiger charge is 2.11. The van der Waals surface area contributed by atoms with Crippen LogP contribution in [-0.2, 0) is 4.74 Å². The van der Waals surface area contributed by atoms with Gasteiger partial charge in [0, 0.05) is 0 Å². The maximum Gasteiger partial charge on any atom is 0.356 e. The van der Waals surface area contributed by atoms with E-state index in [1.54, 1.807) is 19.1 Å². The Bertz CT molecular complexity index is 694. The van der Waals surface area contributed by atoms with Crippen LogP contribution in [0.5, 0.6) is 0 Å². The molecule has 0 aliphatic rings. The first-order valence-electron chi connectivity index (χ1n) is 6.08. The Morgan fingerprint density at radius 3 is 2.29 bits per heavy atom. The predicted molar refractivity (Wildman–Crippen MR) is 73.8 cm³/mol. The third kappa shape index (κ3) is 3.28. The minimum absolute atomic E-state index is 0.0959. The van der Waals surface area contributed by atoms with Crippen LogP contribution in [0.3, 0.4) is 0 Å². The maximum absolute atomic E-state index is 13.5. The first kappa shape index (κ1) is 14.8. The van der Waals surface area contributed by atoms with E-state index in [0.717, 1.165) is 12.1 Å². The number of methoxy groups -OCH3 is 1. The van der Waals surface area contributed by atoms with E-state index in [2.05, 4.69) is 14.7 Å². The molecule has 108 valence electrons. The Kier molecular flexibility index (Phi) is 4.37. The number of rotatable bonds is 3. The summed E-state index contributed by atoms with van der Waals surface area (Å²) in [5, 5.41) is 0. The van der Waals surface area contributed by atoms with Gasteiger partial charge in [-0.1, -0.05) is 12.1 Å². The van der Waals surface area contributed by atoms with Crippen molar-refractivity contribution in [3.8, 4) is 0 Å². The lowest BCUT2D eigenvalue weighted by atomic mass is 10.2. The van der Waals surface area contributed by atoms with Crippen molar-refractivity contribution in [2.24, 2.45) is 4.99 Å². The molecule has 0 bridgehead atoms. The summed E-state index contributed by atoms with van der Waals surface area (Å²) in [6.45, 7) is 1.55. The molecule has 0 radical (unpaired) electrons. The van der Waals surface area contributed by atoms with Crippen molar-refractivity contribution in [1.82, 2.24) is 4.98 Å². The normalized spacial score (nSPS) is 11.3. The molecule has 0 saturated heterocycles. The minimum atomic E-state index is -0.765. The van der Waals surface area contributed by atoms with Gasteiger partial charge in [-0.15, -0.1) is 0 Å². The fourth-order valence-electron chi connectivity index (χ4n) is 1.68. The lowest BCUT2D eigenvalue weighted by Gasteiger charge is -2.04. The van der Waals surface area contributed by atoms with Gasteiger partial charge in [-0.3, -0.25) is 0 Å². The van der Waals surface area contributed by atoms with Crippen LogP contribution in [0.1, 0.15) is 23.1 Å². The molecule has 6 heteroatoms. The number of halogens is 2. The topological polar surface area (TPSA) is 51.5 Å². The van der Waals surface area contributed by atoms with Crippen LogP contribution in [0.15, 0.2) is 41.4 Å². The van der Waals surface area contributed by atoms with Gasteiger partial charge in [0.1, 0.15) is 11.4 Å². The molecule has 0 aliphatic carbocycles. The number of pyridine rings is 1. The van der Waals surface area contributed by atoms with Gasteiger partial charge in [0.25, 0.3) is 0 Å². The van der Waals surface area contributed by atoms with Gasteiger partial charge in [0.05, 0.1) is 18.5 Å². The number of carbonyl (C=O) groups excluding carboxylic acids is 1. The number of nitrogens with zero attached hydrogens (tertiary/aromatic N) is 2. The summed E-state index contributed by atoms with van der Waals surface area (Å²) in [4.78, 5) is 19.4. The van der Waals surface area contributed by atoms with E-state index in [1.165, 1.54) is 19.2 Å². The second-order valence-electron chi connectivity index (χ2n) is 4.17. The predicted octanol–water partition coefficient (Wildman–Crippen LogP) is 3.29. The summed E-state index contributed by atoms with van der Waals surface area (Å²) in [5.41, 5.74) is 0.323. The van der Waals surface area contributed by atoms with Gasteiger partial charge in [0.15, 0.2) is 11.6 Å². The van der Waals surface area contributed by atoms with Crippen LogP contribution in [0, 0.1) is 11.6 Å². The first-order valence-corrected chi connectivity index (χ1v) is 6.08. The first-order chi connectivity index (χ1) is 10.0. The Labute approximate surface area is 120 Å². The molecule has 1 heterocycles. The van der Waals surface area contributed by atoms with Gasteiger partial charge in [0.2, 0.25) is 0 Å². The summed E-state index contributed by atoms with van der Waals surface area (Å²) in [6, 6.07) is 8.15. The van der Waals surface area contributed by atoms with E-state index in [1.807, 2.05) is 0 Å². The summed E-state index contributed by atoms with van der Waals surface area (Å²) in [5.74, 6) is -2.13. The zero-order valence-electron chi connectivity index (χ0n) is 11.4. The molecule has 1 aromatic heterocycles. The SMILES string of the molecule is COC(=O)c1cccc(C(C)=Nc2c(F)cccc2F)n1. The monoisotopic (exact) mass is 290 g/mol. The number of esters is 1. The van der Waals surface area contributed by atoms with E-state index in [0.29, 0.717) is 5.69 Å². The molecule has 0 saturated carbocycles. The van der Waals surface area contributed by atoms with Crippen molar-refractivity contribution in [2.75, 3.05) is 7.11 Å². The van der Waals surface area contributed by atoms with Crippen molar-refractivity contribution >= 4 is 17.4 Å². The van der Waals surface area contributed by atoms with E-state index in [-0.39, 0.29) is 17.1 Å². The maximum atomic E-state index is 13.5. The molecule has 0 N–H and O–H groups in total. The highest BCUT2D eigenvalue weighted by atomic mass is 19.1. The fourth-order valence-corrected chi connectivity index (χ4v) is 1.68. The molecule has 21 heavy (non-hydrogen) atoms. The molecule has 4 nitrogen and oxygen atoms in total. The quantitative estimate of drug-likeness (QED) is 0.644. The van der Waals surface area contributed by atoms with Crippen LogP contribution in [0.25, 0.3) is 0 Å². The average Bonchev–Trinajstić information content (AvgIpc) is 2.50. The molecule has 1 aromatic carbocycles. The van der Waals surface area contributed by atoms with Crippen LogP contribution < -0.4 is 0 Å². The summed E-state index contributed by atoms with van der Waals surface area (Å²) in [6.07, 6.45) is 0. The highest BCUT2D eigenvalue weighted by molar-refractivity contribution is 5.99. The van der Waals surface area contributed by atoms with Gasteiger partial charge >= 0.3 is 5.97 Å². The second kappa shape index (κ2) is 6.21. The fraction of sp³-hybridized carbons (Fsp3) is 0.133. The number of para-hydroxylation sites is 1. The van der Waals surface area contributed by atoms with E-state index in [9.17, 15) is 13.6 Å². The molecule has 2 aromatic rings. The third-order valence-corrected chi connectivity index (χ3v) is 2.73. The number of carbonyl (C=O) groups is 1. The number of aromatic nitrogens is 1. The molecular weight excluding hydrogens is 278 g/mol. The molecular formula is C15H12F2N2O2. The van der Waals surface area contributed by atoms with Crippen LogP contribution in [-0.4, -0.2) is 23.8 Å².